The number of rotatable bonds is 3. The average Bonchev–Trinajstić information content (AvgIpc) is 2.17. The first kappa shape index (κ1) is 12.7. The Balaban J connectivity index is 2.70. The van der Waals surface area contributed by atoms with Crippen molar-refractivity contribution in [1.82, 2.24) is 0 Å². The van der Waals surface area contributed by atoms with Gasteiger partial charge in [-0.1, -0.05) is 0 Å². The summed E-state index contributed by atoms with van der Waals surface area (Å²) in [4.78, 5) is 10.7. The van der Waals surface area contributed by atoms with Gasteiger partial charge in [-0.25, -0.2) is 0 Å². The SMILES string of the molecule is CC(=O)O/C(C)=C/I(Br)c1ccccc1. The second kappa shape index (κ2) is 6.27. The van der Waals surface area contributed by atoms with Gasteiger partial charge in [-0.3, -0.25) is 0 Å². The van der Waals surface area contributed by atoms with Crippen molar-refractivity contribution in [2.75, 3.05) is 0 Å². The summed E-state index contributed by atoms with van der Waals surface area (Å²) in [6, 6.07) is 10.2. The molecular formula is C11H12BrIO2. The van der Waals surface area contributed by atoms with Crippen LogP contribution >= 0.6 is 30.3 Å². The Morgan fingerprint density at radius 2 is 1.93 bits per heavy atom. The quantitative estimate of drug-likeness (QED) is 0.447. The first-order valence-electron chi connectivity index (χ1n) is 4.36. The predicted octanol–water partition coefficient (Wildman–Crippen LogP) is 4.10. The number of carbonyl (C=O) groups excluding carboxylic acids is 1. The third kappa shape index (κ3) is 4.79. The summed E-state index contributed by atoms with van der Waals surface area (Å²) in [5, 5.41) is 0. The minimum absolute atomic E-state index is 0.270. The van der Waals surface area contributed by atoms with Gasteiger partial charge >= 0.3 is 103 Å². The van der Waals surface area contributed by atoms with Gasteiger partial charge in [0, 0.05) is 0 Å². The monoisotopic (exact) mass is 382 g/mol. The summed E-state index contributed by atoms with van der Waals surface area (Å²) in [6.07, 6.45) is 0. The maximum absolute atomic E-state index is 10.7. The van der Waals surface area contributed by atoms with E-state index >= 15 is 0 Å². The van der Waals surface area contributed by atoms with Gasteiger partial charge in [-0.05, 0) is 0 Å². The van der Waals surface area contributed by atoms with Crippen LogP contribution in [0.1, 0.15) is 13.8 Å². The van der Waals surface area contributed by atoms with Crippen LogP contribution < -0.4 is 0 Å². The van der Waals surface area contributed by atoms with E-state index in [0.29, 0.717) is 5.76 Å². The first-order chi connectivity index (χ1) is 7.09. The summed E-state index contributed by atoms with van der Waals surface area (Å²) in [7, 11) is 0. The maximum atomic E-state index is 10.7. The number of carbonyl (C=O) groups is 1. The van der Waals surface area contributed by atoms with Crippen LogP contribution in [0.5, 0.6) is 0 Å². The Morgan fingerprint density at radius 1 is 1.33 bits per heavy atom. The summed E-state index contributed by atoms with van der Waals surface area (Å²) in [6.45, 7) is 3.21. The van der Waals surface area contributed by atoms with E-state index in [1.54, 1.807) is 6.92 Å². The van der Waals surface area contributed by atoms with E-state index in [-0.39, 0.29) is 5.97 Å². The molecule has 0 aromatic heterocycles. The van der Waals surface area contributed by atoms with Gasteiger partial charge in [0.2, 0.25) is 0 Å². The molecule has 0 amide bonds. The Morgan fingerprint density at radius 3 is 2.47 bits per heavy atom. The summed E-state index contributed by atoms with van der Waals surface area (Å²) in [5.74, 6) is 0.405. The first-order valence-corrected chi connectivity index (χ1v) is 11.5. The fraction of sp³-hybridized carbons (Fsp3) is 0.182. The van der Waals surface area contributed by atoms with Crippen molar-refractivity contribution in [3.05, 3.63) is 43.7 Å². The molecule has 0 radical (unpaired) electrons. The molecule has 1 aromatic carbocycles. The molecule has 2 nitrogen and oxygen atoms in total. The Hall–Kier alpha value is -0.360. The van der Waals surface area contributed by atoms with Crippen molar-refractivity contribution >= 4 is 36.3 Å². The predicted molar refractivity (Wildman–Crippen MR) is 73.6 cm³/mol. The van der Waals surface area contributed by atoms with Crippen LogP contribution in [0.4, 0.5) is 0 Å². The van der Waals surface area contributed by atoms with Crippen LogP contribution in [0.15, 0.2) is 40.2 Å². The molecule has 0 aliphatic carbocycles. The molecule has 0 bridgehead atoms. The molecule has 0 N–H and O–H groups in total. The van der Waals surface area contributed by atoms with Gasteiger partial charge < -0.3 is 0 Å². The van der Waals surface area contributed by atoms with Crippen LogP contribution in [0.3, 0.4) is 0 Å². The van der Waals surface area contributed by atoms with E-state index in [2.05, 4.69) is 24.8 Å². The standard InChI is InChI=1S/C11H12BrIO2/c1-9(15-10(2)14)8-13(12)11-6-4-3-5-7-11/h3-8H,1-2H3/b9-8+. The molecule has 15 heavy (non-hydrogen) atoms. The van der Waals surface area contributed by atoms with Crippen LogP contribution in [0.2, 0.25) is 0 Å². The second-order valence-electron chi connectivity index (χ2n) is 2.87. The zero-order chi connectivity index (χ0) is 11.3. The summed E-state index contributed by atoms with van der Waals surface area (Å²) >= 11 is 2.19. The number of halogens is 2. The third-order valence-electron chi connectivity index (χ3n) is 1.50. The van der Waals surface area contributed by atoms with Crippen molar-refractivity contribution in [3.63, 3.8) is 0 Å². The second-order valence-corrected chi connectivity index (χ2v) is 10.6. The van der Waals surface area contributed by atoms with Crippen LogP contribution in [-0.2, 0) is 9.53 Å². The number of allylic oxidation sites excluding steroid dienone is 1. The van der Waals surface area contributed by atoms with Crippen molar-refractivity contribution in [1.29, 1.82) is 0 Å². The van der Waals surface area contributed by atoms with Gasteiger partial charge in [-0.15, -0.1) is 0 Å². The normalized spacial score (nSPS) is 12.2. The number of benzene rings is 1. The minimum atomic E-state index is -1.48. The number of esters is 1. The third-order valence-corrected chi connectivity index (χ3v) is 8.31. The van der Waals surface area contributed by atoms with Crippen molar-refractivity contribution in [2.24, 2.45) is 0 Å². The average molecular weight is 383 g/mol. The van der Waals surface area contributed by atoms with E-state index in [1.807, 2.05) is 22.3 Å². The van der Waals surface area contributed by atoms with Crippen LogP contribution in [-0.4, -0.2) is 5.97 Å². The molecule has 0 fully saturated rings. The van der Waals surface area contributed by atoms with E-state index in [4.69, 9.17) is 4.74 Å². The van der Waals surface area contributed by atoms with Crippen molar-refractivity contribution < 1.29 is 9.53 Å². The fourth-order valence-corrected chi connectivity index (χ4v) is 6.32. The number of hydrogen-bond acceptors (Lipinski definition) is 2. The molecular weight excluding hydrogens is 371 g/mol. The molecule has 82 valence electrons. The molecule has 0 aliphatic heterocycles. The van der Waals surface area contributed by atoms with E-state index in [9.17, 15) is 4.79 Å². The summed E-state index contributed by atoms with van der Waals surface area (Å²) < 4.78 is 8.27. The van der Waals surface area contributed by atoms with Crippen molar-refractivity contribution in [2.45, 2.75) is 13.8 Å². The zero-order valence-electron chi connectivity index (χ0n) is 8.54. The van der Waals surface area contributed by atoms with Gasteiger partial charge in [-0.2, -0.15) is 0 Å². The van der Waals surface area contributed by atoms with E-state index in [0.717, 1.165) is 0 Å². The fourth-order valence-electron chi connectivity index (χ4n) is 0.982. The molecule has 0 saturated heterocycles. The number of hydrogen-bond donors (Lipinski definition) is 0. The van der Waals surface area contributed by atoms with Crippen LogP contribution in [0.25, 0.3) is 0 Å². The van der Waals surface area contributed by atoms with Crippen molar-refractivity contribution in [3.8, 4) is 0 Å². The summed E-state index contributed by atoms with van der Waals surface area (Å²) in [5.41, 5.74) is 0. The van der Waals surface area contributed by atoms with Crippen LogP contribution in [0, 0.1) is 3.57 Å². The van der Waals surface area contributed by atoms with E-state index < -0.39 is 17.6 Å². The Bertz CT molecular complexity index is 362. The van der Waals surface area contributed by atoms with Gasteiger partial charge in [0.05, 0.1) is 0 Å². The Labute approximate surface area is 103 Å². The van der Waals surface area contributed by atoms with Gasteiger partial charge in [0.25, 0.3) is 0 Å². The molecule has 1 aromatic rings. The topological polar surface area (TPSA) is 26.3 Å². The van der Waals surface area contributed by atoms with E-state index in [1.165, 1.54) is 10.5 Å². The molecule has 0 atom stereocenters. The van der Waals surface area contributed by atoms with Gasteiger partial charge in [0.15, 0.2) is 0 Å². The van der Waals surface area contributed by atoms with Gasteiger partial charge in [0.1, 0.15) is 0 Å². The zero-order valence-corrected chi connectivity index (χ0v) is 12.3. The molecule has 0 spiro atoms. The number of ether oxygens (including phenoxy) is 1. The molecule has 0 unspecified atom stereocenters. The molecule has 0 aliphatic rings. The molecule has 0 saturated carbocycles. The molecule has 4 heteroatoms. The Kier molecular flexibility index (Phi) is 5.31. The molecule has 0 heterocycles. The molecule has 1 rings (SSSR count).